The lowest BCUT2D eigenvalue weighted by molar-refractivity contribution is -0.167. The van der Waals surface area contributed by atoms with E-state index >= 15 is 0 Å². The van der Waals surface area contributed by atoms with Crippen molar-refractivity contribution in [1.29, 1.82) is 0 Å². The van der Waals surface area contributed by atoms with Crippen LogP contribution in [0.5, 0.6) is 11.5 Å². The van der Waals surface area contributed by atoms with Gasteiger partial charge in [-0.05, 0) is 43.3 Å². The molecule has 0 aliphatic carbocycles. The first kappa shape index (κ1) is 21.2. The molecule has 3 rings (SSSR count). The zero-order valence-corrected chi connectivity index (χ0v) is 17.3. The third-order valence-corrected chi connectivity index (χ3v) is 6.10. The van der Waals surface area contributed by atoms with Gasteiger partial charge in [0.2, 0.25) is 9.84 Å². The molecule has 1 unspecified atom stereocenters. The van der Waals surface area contributed by atoms with Crippen LogP contribution in [0.3, 0.4) is 0 Å². The standard InChI is InChI=1S/C20H19ClO7S/c1-3-27-19(22)20(23)11-15(28-18-10-14(26-2)6-9-17(18)20)12-29(24,25)16-7-4-13(21)5-8-16/h4-10,12,23H,3,11H2,1-2H3/b15-12-. The summed E-state index contributed by atoms with van der Waals surface area (Å²) in [6, 6.07) is 10.1. The number of ether oxygens (including phenoxy) is 3. The molecule has 0 bridgehead atoms. The van der Waals surface area contributed by atoms with E-state index < -0.39 is 27.8 Å². The molecule has 2 aromatic carbocycles. The van der Waals surface area contributed by atoms with Crippen LogP contribution in [-0.4, -0.2) is 33.2 Å². The van der Waals surface area contributed by atoms with Crippen molar-refractivity contribution in [3.05, 3.63) is 64.2 Å². The number of carbonyl (C=O) groups excluding carboxylic acids is 1. The number of fused-ring (bicyclic) bond motifs is 1. The zero-order chi connectivity index (χ0) is 21.2. The third-order valence-electron chi connectivity index (χ3n) is 4.35. The molecule has 1 heterocycles. The maximum Gasteiger partial charge on any atom is 0.343 e. The van der Waals surface area contributed by atoms with Gasteiger partial charge in [0.15, 0.2) is 5.60 Å². The van der Waals surface area contributed by atoms with Crippen LogP contribution in [0, 0.1) is 0 Å². The summed E-state index contributed by atoms with van der Waals surface area (Å²) in [5.74, 6) is -0.499. The van der Waals surface area contributed by atoms with E-state index in [1.165, 1.54) is 43.5 Å². The normalized spacial score (nSPS) is 19.9. The van der Waals surface area contributed by atoms with E-state index in [9.17, 15) is 18.3 Å². The van der Waals surface area contributed by atoms with Gasteiger partial charge in [-0.25, -0.2) is 13.2 Å². The molecule has 0 saturated heterocycles. The van der Waals surface area contributed by atoms with Gasteiger partial charge < -0.3 is 19.3 Å². The molecule has 1 N–H and O–H groups in total. The number of carbonyl (C=O) groups is 1. The van der Waals surface area contributed by atoms with Crippen LogP contribution in [0.4, 0.5) is 0 Å². The second-order valence-corrected chi connectivity index (χ2v) is 8.54. The molecular weight excluding hydrogens is 420 g/mol. The van der Waals surface area contributed by atoms with Crippen molar-refractivity contribution in [1.82, 2.24) is 0 Å². The minimum Gasteiger partial charge on any atom is -0.497 e. The summed E-state index contributed by atoms with van der Waals surface area (Å²) in [5, 5.41) is 12.4. The molecule has 29 heavy (non-hydrogen) atoms. The van der Waals surface area contributed by atoms with Gasteiger partial charge in [-0.3, -0.25) is 0 Å². The predicted octanol–water partition coefficient (Wildman–Crippen LogP) is 3.20. The second-order valence-electron chi connectivity index (χ2n) is 6.30. The second kappa shape index (κ2) is 8.06. The topological polar surface area (TPSA) is 99.1 Å². The van der Waals surface area contributed by atoms with E-state index in [-0.39, 0.29) is 28.6 Å². The molecule has 0 amide bonds. The Balaban J connectivity index is 2.08. The summed E-state index contributed by atoms with van der Waals surface area (Å²) in [6.45, 7) is 1.66. The van der Waals surface area contributed by atoms with Gasteiger partial charge in [-0.2, -0.15) is 0 Å². The van der Waals surface area contributed by atoms with Gasteiger partial charge in [0.25, 0.3) is 0 Å². The van der Waals surface area contributed by atoms with E-state index in [1.807, 2.05) is 0 Å². The maximum absolute atomic E-state index is 12.7. The zero-order valence-electron chi connectivity index (χ0n) is 15.7. The fraction of sp³-hybridized carbons (Fsp3) is 0.250. The van der Waals surface area contributed by atoms with Crippen molar-refractivity contribution >= 4 is 27.4 Å². The summed E-state index contributed by atoms with van der Waals surface area (Å²) >= 11 is 5.81. The van der Waals surface area contributed by atoms with Crippen LogP contribution in [0.2, 0.25) is 5.02 Å². The minimum atomic E-state index is -3.92. The van der Waals surface area contributed by atoms with Crippen molar-refractivity contribution in [2.75, 3.05) is 13.7 Å². The van der Waals surface area contributed by atoms with Gasteiger partial charge in [0.05, 0.1) is 30.4 Å². The van der Waals surface area contributed by atoms with Crippen LogP contribution in [0.1, 0.15) is 18.9 Å². The highest BCUT2D eigenvalue weighted by molar-refractivity contribution is 7.94. The largest absolute Gasteiger partial charge is 0.497 e. The minimum absolute atomic E-state index is 0.00545. The van der Waals surface area contributed by atoms with Crippen LogP contribution in [0.25, 0.3) is 0 Å². The fourth-order valence-electron chi connectivity index (χ4n) is 2.94. The van der Waals surface area contributed by atoms with Gasteiger partial charge >= 0.3 is 5.97 Å². The number of halogens is 1. The first-order valence-corrected chi connectivity index (χ1v) is 10.6. The lowest BCUT2D eigenvalue weighted by atomic mass is 9.87. The summed E-state index contributed by atoms with van der Waals surface area (Å²) < 4.78 is 41.3. The maximum atomic E-state index is 12.7. The van der Waals surface area contributed by atoms with Crippen molar-refractivity contribution in [3.63, 3.8) is 0 Å². The van der Waals surface area contributed by atoms with Crippen LogP contribution in [-0.2, 0) is 25.0 Å². The lowest BCUT2D eigenvalue weighted by Gasteiger charge is -2.33. The molecule has 7 nitrogen and oxygen atoms in total. The number of esters is 1. The summed E-state index contributed by atoms with van der Waals surface area (Å²) in [6.07, 6.45) is -0.405. The Labute approximate surface area is 173 Å². The number of aliphatic hydroxyl groups is 1. The SMILES string of the molecule is CCOC(=O)C1(O)C/C(=C/S(=O)(=O)c2ccc(Cl)cc2)Oc2cc(OC)ccc21. The van der Waals surface area contributed by atoms with E-state index in [0.717, 1.165) is 5.41 Å². The number of hydrogen-bond donors (Lipinski definition) is 1. The molecular formula is C20H19ClO7S. The lowest BCUT2D eigenvalue weighted by Crippen LogP contribution is -2.41. The number of rotatable bonds is 5. The molecule has 9 heteroatoms. The first-order chi connectivity index (χ1) is 13.7. The monoisotopic (exact) mass is 438 g/mol. The number of sulfone groups is 1. The summed E-state index contributed by atoms with van der Waals surface area (Å²) in [4.78, 5) is 12.5. The van der Waals surface area contributed by atoms with Gasteiger partial charge in [0, 0.05) is 16.7 Å². The molecule has 0 spiro atoms. The molecule has 154 valence electrons. The first-order valence-electron chi connectivity index (χ1n) is 8.67. The fourth-order valence-corrected chi connectivity index (χ4v) is 4.20. The average Bonchev–Trinajstić information content (AvgIpc) is 2.67. The Morgan fingerprint density at radius 1 is 1.28 bits per heavy atom. The van der Waals surface area contributed by atoms with Crippen molar-refractivity contribution < 1.29 is 32.5 Å². The molecule has 1 aliphatic rings. The molecule has 0 fully saturated rings. The van der Waals surface area contributed by atoms with Crippen LogP contribution in [0.15, 0.2) is 58.5 Å². The number of methoxy groups -OCH3 is 1. The molecule has 1 aliphatic heterocycles. The van der Waals surface area contributed by atoms with Gasteiger partial charge in [-0.1, -0.05) is 11.6 Å². The van der Waals surface area contributed by atoms with E-state index in [4.69, 9.17) is 25.8 Å². The van der Waals surface area contributed by atoms with E-state index in [0.29, 0.717) is 10.8 Å². The van der Waals surface area contributed by atoms with Gasteiger partial charge in [0.1, 0.15) is 17.3 Å². The Bertz CT molecular complexity index is 1060. The number of benzene rings is 2. The molecule has 0 radical (unpaired) electrons. The van der Waals surface area contributed by atoms with Gasteiger partial charge in [-0.15, -0.1) is 0 Å². The highest BCUT2D eigenvalue weighted by Crippen LogP contribution is 2.43. The Kier molecular flexibility index (Phi) is 5.88. The third kappa shape index (κ3) is 4.24. The predicted molar refractivity (Wildman–Crippen MR) is 105 cm³/mol. The van der Waals surface area contributed by atoms with Crippen molar-refractivity contribution in [2.24, 2.45) is 0 Å². The molecule has 2 aromatic rings. The average molecular weight is 439 g/mol. The van der Waals surface area contributed by atoms with Crippen LogP contribution < -0.4 is 9.47 Å². The van der Waals surface area contributed by atoms with Crippen molar-refractivity contribution in [3.8, 4) is 11.5 Å². The summed E-state index contributed by atoms with van der Waals surface area (Å²) in [5.41, 5.74) is -1.94. The Hall–Kier alpha value is -2.55. The highest BCUT2D eigenvalue weighted by Gasteiger charge is 2.46. The summed E-state index contributed by atoms with van der Waals surface area (Å²) in [7, 11) is -2.47. The molecule has 1 atom stereocenters. The molecule has 0 aromatic heterocycles. The Morgan fingerprint density at radius 2 is 1.97 bits per heavy atom. The highest BCUT2D eigenvalue weighted by atomic mass is 35.5. The Morgan fingerprint density at radius 3 is 2.59 bits per heavy atom. The van der Waals surface area contributed by atoms with Crippen LogP contribution >= 0.6 is 11.6 Å². The van der Waals surface area contributed by atoms with E-state index in [2.05, 4.69) is 0 Å². The quantitative estimate of drug-likeness (QED) is 0.715. The number of hydrogen-bond acceptors (Lipinski definition) is 7. The van der Waals surface area contributed by atoms with E-state index in [1.54, 1.807) is 13.0 Å². The van der Waals surface area contributed by atoms with Crippen molar-refractivity contribution in [2.45, 2.75) is 23.8 Å². The smallest absolute Gasteiger partial charge is 0.343 e. The molecule has 0 saturated carbocycles.